The Morgan fingerprint density at radius 2 is 1.73 bits per heavy atom. The van der Waals surface area contributed by atoms with E-state index in [1.54, 1.807) is 6.07 Å². The SMILES string of the molecule is CC(CS(=O)(=O)c1ccccn1)c1ccccc1C(F)(F)F. The van der Waals surface area contributed by atoms with Crippen LogP contribution in [0.5, 0.6) is 0 Å². The first-order chi connectivity index (χ1) is 10.2. The summed E-state index contributed by atoms with van der Waals surface area (Å²) in [5, 5.41) is -0.133. The van der Waals surface area contributed by atoms with Crippen LogP contribution < -0.4 is 0 Å². The highest BCUT2D eigenvalue weighted by Gasteiger charge is 2.35. The van der Waals surface area contributed by atoms with E-state index < -0.39 is 33.2 Å². The van der Waals surface area contributed by atoms with Gasteiger partial charge in [0, 0.05) is 6.20 Å². The third kappa shape index (κ3) is 3.65. The van der Waals surface area contributed by atoms with Crippen LogP contribution in [0.3, 0.4) is 0 Å². The van der Waals surface area contributed by atoms with Crippen molar-refractivity contribution in [3.63, 3.8) is 0 Å². The van der Waals surface area contributed by atoms with Gasteiger partial charge in [-0.15, -0.1) is 0 Å². The fourth-order valence-corrected chi connectivity index (χ4v) is 3.74. The number of pyridine rings is 1. The molecule has 2 aromatic rings. The van der Waals surface area contributed by atoms with E-state index in [1.807, 2.05) is 0 Å². The summed E-state index contributed by atoms with van der Waals surface area (Å²) in [4.78, 5) is 3.76. The van der Waals surface area contributed by atoms with Crippen LogP contribution in [0.15, 0.2) is 53.7 Å². The van der Waals surface area contributed by atoms with Crippen LogP contribution in [0.2, 0.25) is 0 Å². The lowest BCUT2D eigenvalue weighted by Crippen LogP contribution is -2.17. The van der Waals surface area contributed by atoms with E-state index >= 15 is 0 Å². The molecular weight excluding hydrogens is 315 g/mol. The summed E-state index contributed by atoms with van der Waals surface area (Å²) in [7, 11) is -3.75. The maximum absolute atomic E-state index is 13.0. The number of nitrogens with zero attached hydrogens (tertiary/aromatic N) is 1. The Hall–Kier alpha value is -1.89. The second-order valence-corrected chi connectivity index (χ2v) is 6.92. The van der Waals surface area contributed by atoms with Gasteiger partial charge in [0.1, 0.15) is 0 Å². The van der Waals surface area contributed by atoms with E-state index in [0.717, 1.165) is 6.07 Å². The molecule has 118 valence electrons. The monoisotopic (exact) mass is 329 g/mol. The molecule has 2 rings (SSSR count). The third-order valence-electron chi connectivity index (χ3n) is 3.22. The summed E-state index contributed by atoms with van der Waals surface area (Å²) >= 11 is 0. The zero-order chi connectivity index (χ0) is 16.4. The highest BCUT2D eigenvalue weighted by atomic mass is 32.2. The van der Waals surface area contributed by atoms with Gasteiger partial charge in [-0.25, -0.2) is 13.4 Å². The van der Waals surface area contributed by atoms with Crippen molar-refractivity contribution in [2.75, 3.05) is 5.75 Å². The first-order valence-electron chi connectivity index (χ1n) is 6.52. The van der Waals surface area contributed by atoms with E-state index in [1.165, 1.54) is 43.5 Å². The number of aromatic nitrogens is 1. The van der Waals surface area contributed by atoms with Gasteiger partial charge in [-0.05, 0) is 29.7 Å². The number of benzene rings is 1. The van der Waals surface area contributed by atoms with Gasteiger partial charge in [0.25, 0.3) is 0 Å². The van der Waals surface area contributed by atoms with E-state index in [2.05, 4.69) is 4.98 Å². The van der Waals surface area contributed by atoms with Gasteiger partial charge in [0.15, 0.2) is 14.9 Å². The molecule has 0 aliphatic carbocycles. The summed E-state index contributed by atoms with van der Waals surface area (Å²) in [6.45, 7) is 1.46. The first-order valence-corrected chi connectivity index (χ1v) is 8.17. The molecule has 1 heterocycles. The Kier molecular flexibility index (Phi) is 4.55. The van der Waals surface area contributed by atoms with Gasteiger partial charge in [0.05, 0.1) is 11.3 Å². The maximum Gasteiger partial charge on any atom is 0.416 e. The van der Waals surface area contributed by atoms with Gasteiger partial charge < -0.3 is 0 Å². The Bertz CT molecular complexity index is 743. The number of alkyl halides is 3. The Morgan fingerprint density at radius 3 is 2.32 bits per heavy atom. The molecule has 0 amide bonds. The molecule has 0 spiro atoms. The number of rotatable bonds is 4. The summed E-state index contributed by atoms with van der Waals surface area (Å²) in [5.74, 6) is -1.23. The van der Waals surface area contributed by atoms with E-state index in [9.17, 15) is 21.6 Å². The molecule has 0 saturated carbocycles. The van der Waals surface area contributed by atoms with Crippen LogP contribution in [-0.2, 0) is 16.0 Å². The highest BCUT2D eigenvalue weighted by Crippen LogP contribution is 2.35. The average molecular weight is 329 g/mol. The van der Waals surface area contributed by atoms with Crippen molar-refractivity contribution in [1.29, 1.82) is 0 Å². The zero-order valence-electron chi connectivity index (χ0n) is 11.7. The highest BCUT2D eigenvalue weighted by molar-refractivity contribution is 7.91. The van der Waals surface area contributed by atoms with E-state index in [-0.39, 0.29) is 10.6 Å². The molecule has 0 radical (unpaired) electrons. The topological polar surface area (TPSA) is 47.0 Å². The molecule has 3 nitrogen and oxygen atoms in total. The van der Waals surface area contributed by atoms with Gasteiger partial charge in [0.2, 0.25) is 0 Å². The Balaban J connectivity index is 2.33. The van der Waals surface area contributed by atoms with Crippen molar-refractivity contribution < 1.29 is 21.6 Å². The molecule has 22 heavy (non-hydrogen) atoms. The largest absolute Gasteiger partial charge is 0.416 e. The van der Waals surface area contributed by atoms with Crippen LogP contribution in [-0.4, -0.2) is 19.2 Å². The van der Waals surface area contributed by atoms with Crippen molar-refractivity contribution >= 4 is 9.84 Å². The Morgan fingerprint density at radius 1 is 1.09 bits per heavy atom. The van der Waals surface area contributed by atoms with Crippen LogP contribution in [0, 0.1) is 0 Å². The molecular formula is C15H14F3NO2S. The third-order valence-corrected chi connectivity index (χ3v) is 5.04. The van der Waals surface area contributed by atoms with Crippen LogP contribution in [0.1, 0.15) is 24.0 Å². The average Bonchev–Trinajstić information content (AvgIpc) is 2.47. The minimum atomic E-state index is -4.51. The number of halogens is 3. The fraction of sp³-hybridized carbons (Fsp3) is 0.267. The van der Waals surface area contributed by atoms with E-state index in [4.69, 9.17) is 0 Å². The van der Waals surface area contributed by atoms with Crippen LogP contribution in [0.4, 0.5) is 13.2 Å². The van der Waals surface area contributed by atoms with Crippen molar-refractivity contribution in [3.05, 3.63) is 59.8 Å². The molecule has 1 atom stereocenters. The lowest BCUT2D eigenvalue weighted by Gasteiger charge is -2.18. The maximum atomic E-state index is 13.0. The molecule has 7 heteroatoms. The molecule has 0 fully saturated rings. The van der Waals surface area contributed by atoms with E-state index in [0.29, 0.717) is 0 Å². The predicted molar refractivity (Wildman–Crippen MR) is 76.1 cm³/mol. The number of hydrogen-bond donors (Lipinski definition) is 0. The second-order valence-electron chi connectivity index (χ2n) is 4.94. The first kappa shape index (κ1) is 16.5. The molecule has 0 aliphatic heterocycles. The minimum absolute atomic E-state index is 0.0329. The van der Waals surface area contributed by atoms with Crippen molar-refractivity contribution in [2.45, 2.75) is 24.0 Å². The van der Waals surface area contributed by atoms with Crippen molar-refractivity contribution in [1.82, 2.24) is 4.98 Å². The second kappa shape index (κ2) is 6.08. The predicted octanol–water partition coefficient (Wildman–Crippen LogP) is 3.68. The zero-order valence-corrected chi connectivity index (χ0v) is 12.5. The summed E-state index contributed by atoms with van der Waals surface area (Å²) in [6, 6.07) is 9.44. The molecule has 0 aliphatic rings. The smallest absolute Gasteiger partial charge is 0.245 e. The van der Waals surface area contributed by atoms with Gasteiger partial charge in [-0.2, -0.15) is 13.2 Å². The molecule has 0 N–H and O–H groups in total. The quantitative estimate of drug-likeness (QED) is 0.860. The van der Waals surface area contributed by atoms with Crippen molar-refractivity contribution in [2.24, 2.45) is 0 Å². The Labute approximate surface area is 126 Å². The lowest BCUT2D eigenvalue weighted by atomic mass is 9.97. The van der Waals surface area contributed by atoms with Gasteiger partial charge in [-0.1, -0.05) is 31.2 Å². The van der Waals surface area contributed by atoms with Gasteiger partial charge >= 0.3 is 6.18 Å². The molecule has 1 unspecified atom stereocenters. The van der Waals surface area contributed by atoms with Crippen LogP contribution >= 0.6 is 0 Å². The summed E-state index contributed by atoms with van der Waals surface area (Å²) in [6.07, 6.45) is -3.18. The standard InChI is InChI=1S/C15H14F3NO2S/c1-11(10-22(20,21)14-8-4-5-9-19-14)12-6-2-3-7-13(12)15(16,17)18/h2-9,11H,10H2,1H3. The number of sulfone groups is 1. The minimum Gasteiger partial charge on any atom is -0.245 e. The molecule has 1 aromatic heterocycles. The van der Waals surface area contributed by atoms with Crippen LogP contribution in [0.25, 0.3) is 0 Å². The lowest BCUT2D eigenvalue weighted by molar-refractivity contribution is -0.138. The fourth-order valence-electron chi connectivity index (χ4n) is 2.22. The number of hydrogen-bond acceptors (Lipinski definition) is 3. The summed E-state index contributed by atoms with van der Waals surface area (Å²) < 4.78 is 63.5. The normalized spacial score (nSPS) is 13.8. The molecule has 0 bridgehead atoms. The van der Waals surface area contributed by atoms with Crippen molar-refractivity contribution in [3.8, 4) is 0 Å². The summed E-state index contributed by atoms with van der Waals surface area (Å²) in [5.41, 5.74) is -0.840. The molecule has 1 aromatic carbocycles. The van der Waals surface area contributed by atoms with Gasteiger partial charge in [-0.3, -0.25) is 0 Å². The molecule has 0 saturated heterocycles.